The molecule has 166 valence electrons. The molecular formula is C27H30N2O3. The van der Waals surface area contributed by atoms with Gasteiger partial charge in [-0.15, -0.1) is 0 Å². The Labute approximate surface area is 189 Å². The predicted octanol–water partition coefficient (Wildman–Crippen LogP) is 4.02. The first-order valence-corrected chi connectivity index (χ1v) is 11.0. The zero-order valence-corrected chi connectivity index (χ0v) is 18.5. The average molecular weight is 431 g/mol. The number of Topliss-reactive ketones (excluding diaryl/α,β-unsaturated/α-hetero) is 1. The van der Waals surface area contributed by atoms with E-state index in [4.69, 9.17) is 4.74 Å². The van der Waals surface area contributed by atoms with Gasteiger partial charge in [-0.3, -0.25) is 4.79 Å². The topological polar surface area (TPSA) is 70.6 Å². The van der Waals surface area contributed by atoms with Gasteiger partial charge in [0.25, 0.3) is 0 Å². The molecule has 1 aliphatic heterocycles. The molecule has 3 N–H and O–H groups in total. The maximum Gasteiger partial charge on any atom is 0.176 e. The fourth-order valence-corrected chi connectivity index (χ4v) is 4.04. The van der Waals surface area contributed by atoms with Crippen LogP contribution in [0.4, 0.5) is 0 Å². The Bertz CT molecular complexity index is 1050. The van der Waals surface area contributed by atoms with E-state index in [1.165, 1.54) is 0 Å². The lowest BCUT2D eigenvalue weighted by molar-refractivity contribution is -0.0649. The molecule has 2 atom stereocenters. The van der Waals surface area contributed by atoms with Crippen LogP contribution in [0.2, 0.25) is 0 Å². The van der Waals surface area contributed by atoms with Crippen molar-refractivity contribution in [3.05, 3.63) is 101 Å². The summed E-state index contributed by atoms with van der Waals surface area (Å²) < 4.78 is 6.07. The maximum absolute atomic E-state index is 12.8. The third kappa shape index (κ3) is 5.07. The molecule has 0 bridgehead atoms. The Morgan fingerprint density at radius 2 is 1.56 bits per heavy atom. The Hall–Kier alpha value is -2.99. The molecule has 0 aromatic heterocycles. The van der Waals surface area contributed by atoms with Crippen molar-refractivity contribution in [3.8, 4) is 5.75 Å². The van der Waals surface area contributed by atoms with Gasteiger partial charge in [0.1, 0.15) is 17.5 Å². The van der Waals surface area contributed by atoms with Crippen molar-refractivity contribution in [2.24, 2.45) is 0 Å². The second kappa shape index (κ2) is 9.65. The third-order valence-corrected chi connectivity index (χ3v) is 5.89. The average Bonchev–Trinajstić information content (AvgIpc) is 2.80. The summed E-state index contributed by atoms with van der Waals surface area (Å²) in [7, 11) is 0. The summed E-state index contributed by atoms with van der Waals surface area (Å²) in [6.07, 6.45) is -0.764. The minimum atomic E-state index is -0.764. The summed E-state index contributed by atoms with van der Waals surface area (Å²) in [5, 5.41) is 17.7. The van der Waals surface area contributed by atoms with E-state index in [0.717, 1.165) is 16.7 Å². The smallest absolute Gasteiger partial charge is 0.176 e. The number of rotatable bonds is 8. The standard InChI is InChI=1S/C27H30N2O3/c1-27(2)26(31)25(29-17-20-11-7-4-8-12-20)22-15-21(13-14-24(22)32-27)23(30)18-28-16-19-9-5-3-6-10-19/h3-15,25-26,28-29,31H,16-18H2,1-2H3/t25-,26+/m1/s1. The quantitative estimate of drug-likeness (QED) is 0.471. The van der Waals surface area contributed by atoms with Crippen LogP contribution in [0.3, 0.4) is 0 Å². The summed E-state index contributed by atoms with van der Waals surface area (Å²) in [6, 6.07) is 25.2. The number of nitrogens with one attached hydrogen (secondary N) is 2. The number of fused-ring (bicyclic) bond motifs is 1. The number of hydrogen-bond donors (Lipinski definition) is 3. The molecule has 0 amide bonds. The van der Waals surface area contributed by atoms with Gasteiger partial charge in [0.05, 0.1) is 12.6 Å². The first kappa shape index (κ1) is 22.2. The maximum atomic E-state index is 12.8. The number of ether oxygens (including phenoxy) is 1. The van der Waals surface area contributed by atoms with Crippen molar-refractivity contribution in [2.75, 3.05) is 6.54 Å². The van der Waals surface area contributed by atoms with E-state index in [2.05, 4.69) is 10.6 Å². The SMILES string of the molecule is CC1(C)Oc2ccc(C(=O)CNCc3ccccc3)cc2[C@@H](NCc2ccccc2)[C@@H]1O. The van der Waals surface area contributed by atoms with Gasteiger partial charge in [-0.25, -0.2) is 0 Å². The zero-order valence-electron chi connectivity index (χ0n) is 18.5. The number of hydrogen-bond acceptors (Lipinski definition) is 5. The molecule has 0 spiro atoms. The van der Waals surface area contributed by atoms with Crippen LogP contribution < -0.4 is 15.4 Å². The Balaban J connectivity index is 1.50. The van der Waals surface area contributed by atoms with Gasteiger partial charge >= 0.3 is 0 Å². The van der Waals surface area contributed by atoms with Crippen LogP contribution in [0.5, 0.6) is 5.75 Å². The molecule has 0 saturated heterocycles. The molecule has 0 saturated carbocycles. The molecule has 1 heterocycles. The number of carbonyl (C=O) groups is 1. The van der Waals surface area contributed by atoms with E-state index in [1.54, 1.807) is 6.07 Å². The largest absolute Gasteiger partial charge is 0.485 e. The molecule has 3 aromatic rings. The zero-order chi connectivity index (χ0) is 22.6. The van der Waals surface area contributed by atoms with Crippen LogP contribution in [-0.2, 0) is 13.1 Å². The molecule has 4 rings (SSSR count). The fourth-order valence-electron chi connectivity index (χ4n) is 4.04. The highest BCUT2D eigenvalue weighted by Crippen LogP contribution is 2.40. The van der Waals surface area contributed by atoms with Crippen LogP contribution in [0.1, 0.15) is 46.9 Å². The number of aliphatic hydroxyl groups excluding tert-OH is 1. The van der Waals surface area contributed by atoms with E-state index >= 15 is 0 Å². The van der Waals surface area contributed by atoms with Crippen molar-refractivity contribution in [1.82, 2.24) is 10.6 Å². The van der Waals surface area contributed by atoms with E-state index < -0.39 is 11.7 Å². The summed E-state index contributed by atoms with van der Waals surface area (Å²) in [5.41, 5.74) is 2.93. The molecule has 3 aromatic carbocycles. The Kier molecular flexibility index (Phi) is 6.70. The number of ketones is 1. The van der Waals surface area contributed by atoms with E-state index in [-0.39, 0.29) is 18.4 Å². The summed E-state index contributed by atoms with van der Waals surface area (Å²) in [4.78, 5) is 12.8. The number of benzene rings is 3. The van der Waals surface area contributed by atoms with Crippen molar-refractivity contribution in [1.29, 1.82) is 0 Å². The van der Waals surface area contributed by atoms with Crippen molar-refractivity contribution >= 4 is 5.78 Å². The molecule has 0 unspecified atom stereocenters. The van der Waals surface area contributed by atoms with Gasteiger partial charge in [0.15, 0.2) is 5.78 Å². The predicted molar refractivity (Wildman–Crippen MR) is 126 cm³/mol. The monoisotopic (exact) mass is 430 g/mol. The highest BCUT2D eigenvalue weighted by Gasteiger charge is 2.42. The molecular weight excluding hydrogens is 400 g/mol. The molecule has 0 radical (unpaired) electrons. The van der Waals surface area contributed by atoms with Crippen LogP contribution in [0, 0.1) is 0 Å². The van der Waals surface area contributed by atoms with Gasteiger partial charge < -0.3 is 20.5 Å². The Morgan fingerprint density at radius 3 is 2.22 bits per heavy atom. The van der Waals surface area contributed by atoms with Crippen molar-refractivity contribution in [3.63, 3.8) is 0 Å². The molecule has 32 heavy (non-hydrogen) atoms. The van der Waals surface area contributed by atoms with Crippen molar-refractivity contribution < 1.29 is 14.6 Å². The lowest BCUT2D eigenvalue weighted by atomic mass is 9.85. The highest BCUT2D eigenvalue weighted by atomic mass is 16.5. The fraction of sp³-hybridized carbons (Fsp3) is 0.296. The van der Waals surface area contributed by atoms with Crippen LogP contribution in [0.25, 0.3) is 0 Å². The minimum Gasteiger partial charge on any atom is -0.485 e. The lowest BCUT2D eigenvalue weighted by Crippen LogP contribution is -2.52. The molecule has 5 nitrogen and oxygen atoms in total. The summed E-state index contributed by atoms with van der Waals surface area (Å²) in [5.74, 6) is 0.699. The van der Waals surface area contributed by atoms with E-state index in [9.17, 15) is 9.90 Å². The van der Waals surface area contributed by atoms with Gasteiger partial charge in [-0.2, -0.15) is 0 Å². The second-order valence-electron chi connectivity index (χ2n) is 8.76. The van der Waals surface area contributed by atoms with Gasteiger partial charge in [0, 0.05) is 24.2 Å². The highest BCUT2D eigenvalue weighted by molar-refractivity contribution is 5.98. The Morgan fingerprint density at radius 1 is 0.938 bits per heavy atom. The summed E-state index contributed by atoms with van der Waals surface area (Å²) >= 11 is 0. The molecule has 0 fully saturated rings. The second-order valence-corrected chi connectivity index (χ2v) is 8.76. The van der Waals surface area contributed by atoms with Crippen LogP contribution in [0.15, 0.2) is 78.9 Å². The van der Waals surface area contributed by atoms with Gasteiger partial charge in [0.2, 0.25) is 0 Å². The number of carbonyl (C=O) groups excluding carboxylic acids is 1. The van der Waals surface area contributed by atoms with Gasteiger partial charge in [-0.05, 0) is 43.2 Å². The molecule has 1 aliphatic rings. The summed E-state index contributed by atoms with van der Waals surface area (Å²) in [6.45, 7) is 5.24. The minimum absolute atomic E-state index is 0.00450. The van der Waals surface area contributed by atoms with Crippen LogP contribution >= 0.6 is 0 Å². The van der Waals surface area contributed by atoms with Gasteiger partial charge in [-0.1, -0.05) is 60.7 Å². The normalized spacial score (nSPS) is 19.1. The first-order chi connectivity index (χ1) is 15.4. The van der Waals surface area contributed by atoms with E-state index in [1.807, 2.05) is 86.6 Å². The number of aliphatic hydroxyl groups is 1. The lowest BCUT2D eigenvalue weighted by Gasteiger charge is -2.42. The first-order valence-electron chi connectivity index (χ1n) is 11.0. The molecule has 5 heteroatoms. The van der Waals surface area contributed by atoms with Crippen molar-refractivity contribution in [2.45, 2.75) is 44.7 Å². The van der Waals surface area contributed by atoms with E-state index in [0.29, 0.717) is 24.4 Å². The molecule has 0 aliphatic carbocycles. The van der Waals surface area contributed by atoms with Crippen LogP contribution in [-0.4, -0.2) is 29.1 Å². The third-order valence-electron chi connectivity index (χ3n) is 5.89.